The molecule has 1 aromatic heterocycles. The van der Waals surface area contributed by atoms with Gasteiger partial charge in [0.2, 0.25) is 0 Å². The molecule has 2 saturated heterocycles. The summed E-state index contributed by atoms with van der Waals surface area (Å²) in [5.74, 6) is -0.154. The van der Waals surface area contributed by atoms with Crippen molar-refractivity contribution in [2.45, 2.75) is 38.9 Å². The molecular formula is C22H30FN3S. The molecule has 3 heterocycles. The van der Waals surface area contributed by atoms with Crippen LogP contribution in [0, 0.1) is 5.82 Å². The molecule has 0 N–H and O–H groups in total. The minimum absolute atomic E-state index is 0.154. The van der Waals surface area contributed by atoms with Gasteiger partial charge in [0, 0.05) is 50.7 Å². The van der Waals surface area contributed by atoms with E-state index in [1.807, 2.05) is 23.5 Å². The molecule has 0 saturated carbocycles. The Kier molecular flexibility index (Phi) is 6.56. The number of hydrogen-bond acceptors (Lipinski definition) is 4. The van der Waals surface area contributed by atoms with Crippen molar-refractivity contribution in [3.63, 3.8) is 0 Å². The minimum Gasteiger partial charge on any atom is -0.299 e. The topological polar surface area (TPSA) is 9.72 Å². The fourth-order valence-electron chi connectivity index (χ4n) is 4.14. The zero-order valence-electron chi connectivity index (χ0n) is 16.1. The number of halogens is 1. The molecular weight excluding hydrogens is 357 g/mol. The lowest BCUT2D eigenvalue weighted by molar-refractivity contribution is 0.123. The van der Waals surface area contributed by atoms with Crippen molar-refractivity contribution in [2.75, 3.05) is 39.3 Å². The number of hydrogen-bond donors (Lipinski definition) is 0. The normalized spacial score (nSPS) is 20.2. The van der Waals surface area contributed by atoms with Gasteiger partial charge in [-0.3, -0.25) is 14.7 Å². The van der Waals surface area contributed by atoms with Crippen molar-refractivity contribution < 1.29 is 4.39 Å². The van der Waals surface area contributed by atoms with E-state index >= 15 is 0 Å². The molecule has 1 aromatic carbocycles. The van der Waals surface area contributed by atoms with Gasteiger partial charge in [-0.2, -0.15) is 0 Å². The number of piperazine rings is 1. The van der Waals surface area contributed by atoms with E-state index in [9.17, 15) is 4.39 Å². The molecule has 0 unspecified atom stereocenters. The van der Waals surface area contributed by atoms with E-state index < -0.39 is 0 Å². The Morgan fingerprint density at radius 3 is 2.00 bits per heavy atom. The fraction of sp³-hybridized carbons (Fsp3) is 0.545. The van der Waals surface area contributed by atoms with Crippen LogP contribution in [0.2, 0.25) is 0 Å². The van der Waals surface area contributed by atoms with Crippen LogP contribution in [0.15, 0.2) is 35.7 Å². The molecule has 146 valence electrons. The molecule has 0 atom stereocenters. The number of likely N-dealkylation sites (tertiary alicyclic amines) is 1. The molecule has 2 aromatic rings. The maximum atomic E-state index is 13.0. The third kappa shape index (κ3) is 5.61. The minimum atomic E-state index is -0.154. The van der Waals surface area contributed by atoms with Crippen LogP contribution in [0.1, 0.15) is 35.3 Å². The molecule has 4 rings (SSSR count). The Hall–Kier alpha value is -1.27. The van der Waals surface area contributed by atoms with Crippen LogP contribution in [0.3, 0.4) is 0 Å². The highest BCUT2D eigenvalue weighted by molar-refractivity contribution is 7.10. The van der Waals surface area contributed by atoms with Crippen molar-refractivity contribution in [3.05, 3.63) is 57.5 Å². The first-order valence-electron chi connectivity index (χ1n) is 10.2. The van der Waals surface area contributed by atoms with E-state index in [1.165, 1.54) is 48.4 Å². The Morgan fingerprint density at radius 2 is 1.30 bits per heavy atom. The van der Waals surface area contributed by atoms with Gasteiger partial charge in [-0.25, -0.2) is 4.39 Å². The average Bonchev–Trinajstić information content (AvgIpc) is 3.13. The third-order valence-corrected chi connectivity index (χ3v) is 6.70. The number of nitrogens with zero attached hydrogens (tertiary/aromatic N) is 3. The van der Waals surface area contributed by atoms with Crippen LogP contribution in [0.5, 0.6) is 0 Å². The van der Waals surface area contributed by atoms with Crippen molar-refractivity contribution in [1.82, 2.24) is 14.7 Å². The van der Waals surface area contributed by atoms with Crippen molar-refractivity contribution in [3.8, 4) is 0 Å². The van der Waals surface area contributed by atoms with Crippen molar-refractivity contribution in [2.24, 2.45) is 0 Å². The van der Waals surface area contributed by atoms with E-state index in [-0.39, 0.29) is 5.82 Å². The molecule has 0 aliphatic carbocycles. The maximum absolute atomic E-state index is 13.0. The summed E-state index contributed by atoms with van der Waals surface area (Å²) in [6.07, 6.45) is 4.12. The summed E-state index contributed by atoms with van der Waals surface area (Å²) in [4.78, 5) is 9.13. The second-order valence-electron chi connectivity index (χ2n) is 7.94. The number of piperidine rings is 1. The van der Waals surface area contributed by atoms with Crippen LogP contribution in [0.25, 0.3) is 0 Å². The van der Waals surface area contributed by atoms with Crippen molar-refractivity contribution in [1.29, 1.82) is 0 Å². The molecule has 2 aliphatic rings. The van der Waals surface area contributed by atoms with Crippen LogP contribution in [-0.2, 0) is 19.6 Å². The number of thiophene rings is 1. The van der Waals surface area contributed by atoms with Gasteiger partial charge < -0.3 is 0 Å². The van der Waals surface area contributed by atoms with Crippen LogP contribution in [0.4, 0.5) is 4.39 Å². The zero-order valence-corrected chi connectivity index (χ0v) is 16.9. The van der Waals surface area contributed by atoms with Gasteiger partial charge in [0.1, 0.15) is 5.82 Å². The predicted octanol–water partition coefficient (Wildman–Crippen LogP) is 4.19. The van der Waals surface area contributed by atoms with E-state index in [2.05, 4.69) is 26.1 Å². The lowest BCUT2D eigenvalue weighted by atomic mass is 10.1. The lowest BCUT2D eigenvalue weighted by Crippen LogP contribution is -2.45. The second kappa shape index (κ2) is 9.28. The highest BCUT2D eigenvalue weighted by Gasteiger charge is 2.18. The smallest absolute Gasteiger partial charge is 0.123 e. The SMILES string of the molecule is Fc1ccc(CN2CCN(Cc3cc(CN4CCCCC4)cs3)CC2)cc1. The summed E-state index contributed by atoms with van der Waals surface area (Å²) >= 11 is 1.92. The first-order chi connectivity index (χ1) is 13.2. The number of benzene rings is 1. The van der Waals surface area contributed by atoms with Gasteiger partial charge in [-0.05, 0) is 60.6 Å². The van der Waals surface area contributed by atoms with Gasteiger partial charge in [-0.1, -0.05) is 18.6 Å². The summed E-state index contributed by atoms with van der Waals surface area (Å²) in [6.45, 7) is 10.1. The summed E-state index contributed by atoms with van der Waals surface area (Å²) in [6, 6.07) is 9.34. The molecule has 27 heavy (non-hydrogen) atoms. The van der Waals surface area contributed by atoms with Crippen molar-refractivity contribution >= 4 is 11.3 Å². The van der Waals surface area contributed by atoms with E-state index in [0.29, 0.717) is 0 Å². The summed E-state index contributed by atoms with van der Waals surface area (Å²) in [5.41, 5.74) is 2.69. The molecule has 5 heteroatoms. The Morgan fingerprint density at radius 1 is 0.704 bits per heavy atom. The standard InChI is InChI=1S/C22H30FN3S/c23-21-6-4-19(5-7-21)15-25-10-12-26(13-11-25)17-22-14-20(18-27-22)16-24-8-2-1-3-9-24/h4-7,14,18H,1-3,8-13,15-17H2. The fourth-order valence-corrected chi connectivity index (χ4v) is 5.06. The summed E-state index contributed by atoms with van der Waals surface area (Å²) in [5, 5.41) is 2.36. The van der Waals surface area contributed by atoms with Gasteiger partial charge in [-0.15, -0.1) is 11.3 Å². The van der Waals surface area contributed by atoms with Crippen LogP contribution < -0.4 is 0 Å². The highest BCUT2D eigenvalue weighted by Crippen LogP contribution is 2.21. The van der Waals surface area contributed by atoms with E-state index in [1.54, 1.807) is 12.1 Å². The summed E-state index contributed by atoms with van der Waals surface area (Å²) in [7, 11) is 0. The molecule has 3 nitrogen and oxygen atoms in total. The quantitative estimate of drug-likeness (QED) is 0.736. The Bertz CT molecular complexity index is 701. The summed E-state index contributed by atoms with van der Waals surface area (Å²) < 4.78 is 13.0. The largest absolute Gasteiger partial charge is 0.299 e. The van der Waals surface area contributed by atoms with Crippen LogP contribution >= 0.6 is 11.3 Å². The van der Waals surface area contributed by atoms with E-state index in [4.69, 9.17) is 0 Å². The van der Waals surface area contributed by atoms with Gasteiger partial charge in [0.25, 0.3) is 0 Å². The average molecular weight is 388 g/mol. The monoisotopic (exact) mass is 387 g/mol. The predicted molar refractivity (Wildman–Crippen MR) is 110 cm³/mol. The molecule has 0 radical (unpaired) electrons. The first kappa shape index (κ1) is 19.1. The van der Waals surface area contributed by atoms with Gasteiger partial charge in [0.05, 0.1) is 0 Å². The second-order valence-corrected chi connectivity index (χ2v) is 8.93. The van der Waals surface area contributed by atoms with Gasteiger partial charge >= 0.3 is 0 Å². The zero-order chi connectivity index (χ0) is 18.5. The Balaban J connectivity index is 1.21. The number of rotatable bonds is 6. The highest BCUT2D eigenvalue weighted by atomic mass is 32.1. The van der Waals surface area contributed by atoms with E-state index in [0.717, 1.165) is 45.8 Å². The molecule has 0 bridgehead atoms. The Labute approximate surface area is 166 Å². The first-order valence-corrected chi connectivity index (χ1v) is 11.1. The molecule has 0 amide bonds. The maximum Gasteiger partial charge on any atom is 0.123 e. The molecule has 0 spiro atoms. The third-order valence-electron chi connectivity index (χ3n) is 5.73. The van der Waals surface area contributed by atoms with Crippen LogP contribution in [-0.4, -0.2) is 54.0 Å². The molecule has 2 fully saturated rings. The van der Waals surface area contributed by atoms with Gasteiger partial charge in [0.15, 0.2) is 0 Å². The molecule has 2 aliphatic heterocycles. The lowest BCUT2D eigenvalue weighted by Gasteiger charge is -2.34.